The van der Waals surface area contributed by atoms with E-state index in [4.69, 9.17) is 0 Å². The van der Waals surface area contributed by atoms with Crippen LogP contribution in [0, 0.1) is 13.8 Å². The van der Waals surface area contributed by atoms with E-state index in [1.54, 1.807) is 4.52 Å². The summed E-state index contributed by atoms with van der Waals surface area (Å²) in [5.74, 6) is 1.54. The lowest BCUT2D eigenvalue weighted by Crippen LogP contribution is -2.25. The molecule has 3 aromatic rings. The maximum atomic E-state index is 12.2. The summed E-state index contributed by atoms with van der Waals surface area (Å²) in [5.41, 5.74) is 3.76. The smallest absolute Gasteiger partial charge is 0.220 e. The fourth-order valence-electron chi connectivity index (χ4n) is 3.50. The van der Waals surface area contributed by atoms with Crippen LogP contribution in [-0.2, 0) is 17.8 Å². The van der Waals surface area contributed by atoms with Crippen molar-refractivity contribution in [3.8, 4) is 0 Å². The maximum absolute atomic E-state index is 12.2. The lowest BCUT2D eigenvalue weighted by molar-refractivity contribution is -0.121. The average Bonchev–Trinajstić information content (AvgIpc) is 3.39. The zero-order chi connectivity index (χ0) is 18.8. The van der Waals surface area contributed by atoms with Gasteiger partial charge in [0.25, 0.3) is 0 Å². The molecule has 4 heterocycles. The summed E-state index contributed by atoms with van der Waals surface area (Å²) >= 11 is 0. The Labute approximate surface area is 157 Å². The van der Waals surface area contributed by atoms with E-state index >= 15 is 0 Å². The Hall–Kier alpha value is -2.97. The normalized spacial score (nSPS) is 14.2. The van der Waals surface area contributed by atoms with Crippen LogP contribution in [0.15, 0.2) is 12.1 Å². The first-order valence-electron chi connectivity index (χ1n) is 9.35. The number of H-pyrrole nitrogens is 1. The molecule has 0 aliphatic carbocycles. The predicted octanol–water partition coefficient (Wildman–Crippen LogP) is 1.31. The van der Waals surface area contributed by atoms with Crippen molar-refractivity contribution in [1.29, 1.82) is 0 Å². The van der Waals surface area contributed by atoms with Crippen LogP contribution in [0.1, 0.15) is 42.0 Å². The van der Waals surface area contributed by atoms with Crippen molar-refractivity contribution < 1.29 is 4.79 Å². The highest BCUT2D eigenvalue weighted by Crippen LogP contribution is 2.18. The Morgan fingerprint density at radius 1 is 1.22 bits per heavy atom. The summed E-state index contributed by atoms with van der Waals surface area (Å²) in [6, 6.07) is 3.90. The van der Waals surface area contributed by atoms with Gasteiger partial charge >= 0.3 is 0 Å². The van der Waals surface area contributed by atoms with Crippen molar-refractivity contribution in [2.75, 3.05) is 18.0 Å². The van der Waals surface area contributed by atoms with Gasteiger partial charge in [0, 0.05) is 25.2 Å². The fourth-order valence-corrected chi connectivity index (χ4v) is 3.50. The maximum Gasteiger partial charge on any atom is 0.220 e. The molecule has 0 aromatic carbocycles. The van der Waals surface area contributed by atoms with E-state index in [9.17, 15) is 4.79 Å². The molecule has 27 heavy (non-hydrogen) atoms. The Kier molecular flexibility index (Phi) is 4.74. The third kappa shape index (κ3) is 3.62. The average molecular weight is 368 g/mol. The Morgan fingerprint density at radius 2 is 2.04 bits per heavy atom. The molecule has 2 N–H and O–H groups in total. The molecule has 0 spiro atoms. The van der Waals surface area contributed by atoms with Crippen molar-refractivity contribution in [3.63, 3.8) is 0 Å². The topological polar surface area (TPSA) is 104 Å². The monoisotopic (exact) mass is 368 g/mol. The van der Waals surface area contributed by atoms with Gasteiger partial charge in [0.1, 0.15) is 5.82 Å². The molecule has 1 aliphatic heterocycles. The first kappa shape index (κ1) is 17.4. The molecule has 0 radical (unpaired) electrons. The molecule has 4 rings (SSSR count). The first-order chi connectivity index (χ1) is 13.1. The minimum absolute atomic E-state index is 0.0255. The van der Waals surface area contributed by atoms with E-state index in [-0.39, 0.29) is 5.91 Å². The number of nitrogens with one attached hydrogen (secondary N) is 2. The molecule has 0 saturated carbocycles. The third-order valence-electron chi connectivity index (χ3n) is 5.07. The van der Waals surface area contributed by atoms with Gasteiger partial charge in [-0.25, -0.2) is 0 Å². The first-order valence-corrected chi connectivity index (χ1v) is 9.35. The molecule has 1 amide bonds. The minimum Gasteiger partial charge on any atom is -0.355 e. The predicted molar refractivity (Wildman–Crippen MR) is 100 cm³/mol. The summed E-state index contributed by atoms with van der Waals surface area (Å²) < 4.78 is 1.72. The molecule has 0 bridgehead atoms. The Morgan fingerprint density at radius 3 is 2.78 bits per heavy atom. The number of aryl methyl sites for hydroxylation is 2. The van der Waals surface area contributed by atoms with Crippen molar-refractivity contribution >= 4 is 17.4 Å². The number of anilines is 1. The van der Waals surface area contributed by atoms with Crippen LogP contribution in [0.4, 0.5) is 5.82 Å². The van der Waals surface area contributed by atoms with Crippen LogP contribution in [0.25, 0.3) is 5.65 Å². The van der Waals surface area contributed by atoms with E-state index in [2.05, 4.69) is 35.7 Å². The second-order valence-corrected chi connectivity index (χ2v) is 6.96. The molecule has 9 nitrogen and oxygen atoms in total. The molecule has 9 heteroatoms. The molecule has 1 aliphatic rings. The van der Waals surface area contributed by atoms with Gasteiger partial charge in [0.15, 0.2) is 11.5 Å². The quantitative estimate of drug-likeness (QED) is 0.680. The third-order valence-corrected chi connectivity index (χ3v) is 5.07. The van der Waals surface area contributed by atoms with Gasteiger partial charge < -0.3 is 10.2 Å². The lowest BCUT2D eigenvalue weighted by atomic mass is 10.1. The Balaban J connectivity index is 1.39. The molecule has 0 atom stereocenters. The summed E-state index contributed by atoms with van der Waals surface area (Å²) in [6.45, 7) is 6.28. The number of aromatic nitrogens is 6. The number of aromatic amines is 1. The van der Waals surface area contributed by atoms with Gasteiger partial charge in [-0.3, -0.25) is 9.89 Å². The van der Waals surface area contributed by atoms with Crippen LogP contribution < -0.4 is 10.2 Å². The highest BCUT2D eigenvalue weighted by molar-refractivity contribution is 5.76. The highest BCUT2D eigenvalue weighted by Gasteiger charge is 2.16. The molecule has 0 unspecified atom stereocenters. The van der Waals surface area contributed by atoms with E-state index in [0.717, 1.165) is 35.9 Å². The van der Waals surface area contributed by atoms with E-state index < -0.39 is 0 Å². The fraction of sp³-hybridized carbons (Fsp3) is 0.500. The Bertz CT molecular complexity index is 934. The van der Waals surface area contributed by atoms with Crippen molar-refractivity contribution in [2.45, 2.75) is 46.1 Å². The van der Waals surface area contributed by atoms with Crippen LogP contribution in [0.5, 0.6) is 0 Å². The minimum atomic E-state index is -0.0255. The van der Waals surface area contributed by atoms with Crippen LogP contribution in [0.2, 0.25) is 0 Å². The van der Waals surface area contributed by atoms with E-state index in [0.29, 0.717) is 30.9 Å². The van der Waals surface area contributed by atoms with Gasteiger partial charge in [-0.2, -0.15) is 9.61 Å². The van der Waals surface area contributed by atoms with Gasteiger partial charge in [-0.05, 0) is 50.8 Å². The zero-order valence-electron chi connectivity index (χ0n) is 15.7. The zero-order valence-corrected chi connectivity index (χ0v) is 15.7. The van der Waals surface area contributed by atoms with Crippen LogP contribution >= 0.6 is 0 Å². The van der Waals surface area contributed by atoms with Crippen molar-refractivity contribution in [2.24, 2.45) is 0 Å². The number of carbonyl (C=O) groups is 1. The lowest BCUT2D eigenvalue weighted by Gasteiger charge is -2.15. The summed E-state index contributed by atoms with van der Waals surface area (Å²) in [7, 11) is 0. The number of rotatable bonds is 6. The second-order valence-electron chi connectivity index (χ2n) is 6.96. The van der Waals surface area contributed by atoms with Gasteiger partial charge in [-0.15, -0.1) is 15.3 Å². The number of hydrogen-bond donors (Lipinski definition) is 2. The summed E-state index contributed by atoms with van der Waals surface area (Å²) in [5, 5.41) is 23.0. The molecule has 1 saturated heterocycles. The molecular formula is C18H24N8O. The molecule has 142 valence electrons. The van der Waals surface area contributed by atoms with Gasteiger partial charge in [0.05, 0.1) is 12.2 Å². The summed E-state index contributed by atoms with van der Waals surface area (Å²) in [6.07, 6.45) is 3.46. The number of fused-ring (bicyclic) bond motifs is 1. The summed E-state index contributed by atoms with van der Waals surface area (Å²) in [4.78, 5) is 14.5. The van der Waals surface area contributed by atoms with Gasteiger partial charge in [0.2, 0.25) is 5.91 Å². The van der Waals surface area contributed by atoms with E-state index in [1.807, 2.05) is 26.0 Å². The van der Waals surface area contributed by atoms with Crippen molar-refractivity contribution in [3.05, 3.63) is 34.9 Å². The van der Waals surface area contributed by atoms with Crippen LogP contribution in [-0.4, -0.2) is 49.0 Å². The second kappa shape index (κ2) is 7.34. The standard InChI is InChI=1S/C18H24N8O/c1-12-14(13(2)21-20-12)5-8-18(27)19-11-17-23-22-15-6-7-16(24-26(15)17)25-9-3-4-10-25/h6-7H,3-5,8-11H2,1-2H3,(H,19,27)(H,20,21). The number of amides is 1. The molecular weight excluding hydrogens is 344 g/mol. The van der Waals surface area contributed by atoms with Crippen LogP contribution in [0.3, 0.4) is 0 Å². The van der Waals surface area contributed by atoms with Crippen molar-refractivity contribution in [1.82, 2.24) is 35.3 Å². The largest absolute Gasteiger partial charge is 0.355 e. The number of hydrogen-bond acceptors (Lipinski definition) is 6. The highest BCUT2D eigenvalue weighted by atomic mass is 16.1. The molecule has 1 fully saturated rings. The number of carbonyl (C=O) groups excluding carboxylic acids is 1. The number of nitrogens with zero attached hydrogens (tertiary/aromatic N) is 6. The SMILES string of the molecule is Cc1n[nH]c(C)c1CCC(=O)NCc1nnc2ccc(N3CCCC3)nn12. The van der Waals surface area contributed by atoms with E-state index in [1.165, 1.54) is 12.8 Å². The van der Waals surface area contributed by atoms with Gasteiger partial charge in [-0.1, -0.05) is 0 Å². The molecule has 3 aromatic heterocycles.